The average Bonchev–Trinajstić information content (AvgIpc) is 3.08. The molecule has 2 aliphatic rings. The predicted octanol–water partition coefficient (Wildman–Crippen LogP) is 2.34. The first-order chi connectivity index (χ1) is 11.2. The summed E-state index contributed by atoms with van der Waals surface area (Å²) in [6, 6.07) is 2.01. The highest BCUT2D eigenvalue weighted by molar-refractivity contribution is 5.25. The van der Waals surface area contributed by atoms with Crippen LogP contribution in [0.3, 0.4) is 0 Å². The molecule has 6 heteroatoms. The lowest BCUT2D eigenvalue weighted by Crippen LogP contribution is -2.34. The second-order valence-corrected chi connectivity index (χ2v) is 6.96. The van der Waals surface area contributed by atoms with Gasteiger partial charge in [0.2, 0.25) is 0 Å². The number of aryl methyl sites for hydroxylation is 1. The molecule has 1 fully saturated rings. The van der Waals surface area contributed by atoms with E-state index in [-0.39, 0.29) is 0 Å². The van der Waals surface area contributed by atoms with Crippen molar-refractivity contribution >= 4 is 0 Å². The highest BCUT2D eigenvalue weighted by Gasteiger charge is 2.30. The van der Waals surface area contributed by atoms with Crippen LogP contribution in [0.2, 0.25) is 0 Å². The van der Waals surface area contributed by atoms with Gasteiger partial charge in [-0.1, -0.05) is 5.16 Å². The van der Waals surface area contributed by atoms with Crippen molar-refractivity contribution in [3.05, 3.63) is 35.0 Å². The molecule has 23 heavy (non-hydrogen) atoms. The fraction of sp³-hybridized carbons (Fsp3) is 0.647. The van der Waals surface area contributed by atoms with Crippen LogP contribution >= 0.6 is 0 Å². The van der Waals surface area contributed by atoms with E-state index in [0.717, 1.165) is 43.6 Å². The van der Waals surface area contributed by atoms with Crippen LogP contribution in [0, 0.1) is 12.8 Å². The lowest BCUT2D eigenvalue weighted by atomic mass is 9.97. The molecular weight excluding hydrogens is 292 g/mol. The van der Waals surface area contributed by atoms with Crippen LogP contribution in [0.1, 0.15) is 41.5 Å². The Morgan fingerprint density at radius 1 is 1.39 bits per heavy atom. The highest BCUT2D eigenvalue weighted by Crippen LogP contribution is 2.33. The molecular formula is C17H24N4O2. The minimum Gasteiger partial charge on any atom is -0.384 e. The largest absolute Gasteiger partial charge is 0.384 e. The molecule has 3 heterocycles. The summed E-state index contributed by atoms with van der Waals surface area (Å²) in [6.45, 7) is 6.39. The third kappa shape index (κ3) is 3.33. The molecule has 4 rings (SSSR count). The van der Waals surface area contributed by atoms with Gasteiger partial charge >= 0.3 is 0 Å². The van der Waals surface area contributed by atoms with E-state index < -0.39 is 0 Å². The number of hydrogen-bond acceptors (Lipinski definition) is 5. The fourth-order valence-corrected chi connectivity index (χ4v) is 3.48. The van der Waals surface area contributed by atoms with E-state index in [1.807, 2.05) is 13.0 Å². The minimum absolute atomic E-state index is 0.331. The van der Waals surface area contributed by atoms with Crippen molar-refractivity contribution in [3.8, 4) is 0 Å². The van der Waals surface area contributed by atoms with E-state index in [2.05, 4.69) is 20.9 Å². The van der Waals surface area contributed by atoms with Crippen molar-refractivity contribution in [2.45, 2.75) is 45.3 Å². The molecule has 2 aromatic rings. The highest BCUT2D eigenvalue weighted by atomic mass is 16.5. The van der Waals surface area contributed by atoms with Crippen molar-refractivity contribution in [1.29, 1.82) is 0 Å². The van der Waals surface area contributed by atoms with Crippen molar-refractivity contribution in [2.75, 3.05) is 20.3 Å². The molecule has 0 radical (unpaired) electrons. The third-order valence-corrected chi connectivity index (χ3v) is 4.70. The first-order valence-corrected chi connectivity index (χ1v) is 8.41. The zero-order chi connectivity index (χ0) is 15.8. The Morgan fingerprint density at radius 2 is 2.26 bits per heavy atom. The minimum atomic E-state index is 0.331. The maximum absolute atomic E-state index is 5.43. The lowest BCUT2D eigenvalue weighted by Gasteiger charge is -2.30. The summed E-state index contributed by atoms with van der Waals surface area (Å²) in [5.41, 5.74) is 3.55. The number of fused-ring (bicyclic) bond motifs is 1. The molecule has 0 N–H and O–H groups in total. The van der Waals surface area contributed by atoms with Gasteiger partial charge in [0.1, 0.15) is 5.76 Å². The predicted molar refractivity (Wildman–Crippen MR) is 84.9 cm³/mol. The zero-order valence-electron chi connectivity index (χ0n) is 13.9. The number of rotatable bonds is 6. The molecule has 0 spiro atoms. The van der Waals surface area contributed by atoms with Crippen molar-refractivity contribution in [2.24, 2.45) is 5.92 Å². The summed E-state index contributed by atoms with van der Waals surface area (Å²) in [4.78, 5) is 2.41. The Kier molecular flexibility index (Phi) is 3.95. The van der Waals surface area contributed by atoms with Gasteiger partial charge in [-0.2, -0.15) is 5.10 Å². The van der Waals surface area contributed by atoms with Crippen LogP contribution in [0.5, 0.6) is 0 Å². The van der Waals surface area contributed by atoms with E-state index in [9.17, 15) is 0 Å². The topological polar surface area (TPSA) is 56.3 Å². The second-order valence-electron chi connectivity index (χ2n) is 6.96. The van der Waals surface area contributed by atoms with E-state index in [1.165, 1.54) is 24.1 Å². The van der Waals surface area contributed by atoms with Gasteiger partial charge in [-0.15, -0.1) is 0 Å². The van der Waals surface area contributed by atoms with Gasteiger partial charge in [0.15, 0.2) is 0 Å². The molecule has 0 bridgehead atoms. The summed E-state index contributed by atoms with van der Waals surface area (Å²) in [5, 5.41) is 8.97. The van der Waals surface area contributed by atoms with E-state index in [1.54, 1.807) is 7.11 Å². The average molecular weight is 316 g/mol. The first-order valence-electron chi connectivity index (χ1n) is 8.41. The molecule has 0 aromatic carbocycles. The number of aromatic nitrogens is 3. The number of methoxy groups -OCH3 is 1. The van der Waals surface area contributed by atoms with Crippen LogP contribution in [-0.2, 0) is 24.4 Å². The monoisotopic (exact) mass is 316 g/mol. The quantitative estimate of drug-likeness (QED) is 0.819. The van der Waals surface area contributed by atoms with Gasteiger partial charge in [-0.3, -0.25) is 9.58 Å². The number of ether oxygens (including phenoxy) is 1. The Morgan fingerprint density at radius 3 is 2.96 bits per heavy atom. The van der Waals surface area contributed by atoms with Gasteiger partial charge in [0, 0.05) is 57.0 Å². The van der Waals surface area contributed by atoms with E-state index >= 15 is 0 Å². The summed E-state index contributed by atoms with van der Waals surface area (Å²) in [6.07, 6.45) is 4.93. The van der Waals surface area contributed by atoms with Gasteiger partial charge in [-0.05, 0) is 25.7 Å². The Bertz CT molecular complexity index is 674. The Hall–Kier alpha value is -1.66. The smallest absolute Gasteiger partial charge is 0.133 e. The number of nitrogens with zero attached hydrogens (tertiary/aromatic N) is 4. The molecule has 0 unspecified atom stereocenters. The maximum Gasteiger partial charge on any atom is 0.133 e. The van der Waals surface area contributed by atoms with Crippen molar-refractivity contribution in [1.82, 2.24) is 19.8 Å². The van der Waals surface area contributed by atoms with Gasteiger partial charge < -0.3 is 9.26 Å². The summed E-state index contributed by atoms with van der Waals surface area (Å²) in [7, 11) is 1.76. The van der Waals surface area contributed by atoms with Crippen molar-refractivity contribution < 1.29 is 9.26 Å². The van der Waals surface area contributed by atoms with Gasteiger partial charge in [0.25, 0.3) is 0 Å². The van der Waals surface area contributed by atoms with Crippen LogP contribution in [-0.4, -0.2) is 40.1 Å². The molecule has 124 valence electrons. The first kappa shape index (κ1) is 14.9. The standard InChI is InChI=1S/C17H24N4O2/c1-12-5-16(19-23-12)10-20-7-14-9-21(6-13-3-4-13)18-17(14)15(8-20)11-22-2/h5,9,13,15H,3-4,6-8,10-11H2,1-2H3/t15-/m0/s1. The molecule has 6 nitrogen and oxygen atoms in total. The molecule has 1 aliphatic heterocycles. The van der Waals surface area contributed by atoms with E-state index in [4.69, 9.17) is 14.4 Å². The van der Waals surface area contributed by atoms with E-state index in [0.29, 0.717) is 12.5 Å². The Balaban J connectivity index is 1.52. The second kappa shape index (κ2) is 6.09. The van der Waals surface area contributed by atoms with Crippen LogP contribution in [0.15, 0.2) is 16.8 Å². The molecule has 1 aliphatic carbocycles. The zero-order valence-corrected chi connectivity index (χ0v) is 13.9. The Labute approximate surface area is 136 Å². The normalized spacial score (nSPS) is 21.6. The van der Waals surface area contributed by atoms with Crippen LogP contribution in [0.4, 0.5) is 0 Å². The molecule has 0 saturated heterocycles. The fourth-order valence-electron chi connectivity index (χ4n) is 3.48. The lowest BCUT2D eigenvalue weighted by molar-refractivity contribution is 0.133. The molecule has 1 atom stereocenters. The van der Waals surface area contributed by atoms with Crippen LogP contribution in [0.25, 0.3) is 0 Å². The van der Waals surface area contributed by atoms with Gasteiger partial charge in [0.05, 0.1) is 18.0 Å². The molecule has 1 saturated carbocycles. The number of hydrogen-bond donors (Lipinski definition) is 0. The summed E-state index contributed by atoms with van der Waals surface area (Å²) in [5.74, 6) is 2.03. The summed E-state index contributed by atoms with van der Waals surface area (Å²) >= 11 is 0. The molecule has 2 aromatic heterocycles. The van der Waals surface area contributed by atoms with Gasteiger partial charge in [-0.25, -0.2) is 0 Å². The molecule has 0 amide bonds. The van der Waals surface area contributed by atoms with Crippen molar-refractivity contribution in [3.63, 3.8) is 0 Å². The van der Waals surface area contributed by atoms with Crippen LogP contribution < -0.4 is 0 Å². The summed E-state index contributed by atoms with van der Waals surface area (Å²) < 4.78 is 12.8. The maximum atomic E-state index is 5.43. The SMILES string of the molecule is COC[C@@H]1CN(Cc2cc(C)on2)Cc2cn(CC3CC3)nc21. The third-order valence-electron chi connectivity index (χ3n) is 4.70.